The van der Waals surface area contributed by atoms with E-state index in [9.17, 15) is 13.2 Å². The van der Waals surface area contributed by atoms with Gasteiger partial charge in [0.1, 0.15) is 0 Å². The highest BCUT2D eigenvalue weighted by molar-refractivity contribution is 7.89. The molecule has 0 unspecified atom stereocenters. The van der Waals surface area contributed by atoms with E-state index in [4.69, 9.17) is 9.52 Å². The fraction of sp³-hybridized carbons (Fsp3) is 0.444. The second kappa shape index (κ2) is 5.13. The molecule has 1 aromatic heterocycles. The molecule has 0 aromatic carbocycles. The van der Waals surface area contributed by atoms with E-state index in [1.807, 2.05) is 6.92 Å². The molecule has 0 aliphatic carbocycles. The molecule has 0 spiro atoms. The minimum absolute atomic E-state index is 0.307. The molecule has 1 rings (SSSR count). The van der Waals surface area contributed by atoms with Crippen molar-refractivity contribution in [3.8, 4) is 0 Å². The Bertz CT molecular complexity index is 462. The van der Waals surface area contributed by atoms with Crippen molar-refractivity contribution in [2.75, 3.05) is 6.54 Å². The molecule has 0 radical (unpaired) electrons. The number of rotatable bonds is 6. The number of aromatic carboxylic acids is 1. The minimum Gasteiger partial charge on any atom is -0.475 e. The van der Waals surface area contributed by atoms with Gasteiger partial charge in [-0.15, -0.1) is 0 Å². The molecule has 7 heteroatoms. The molecule has 1 aromatic rings. The molecule has 0 saturated heterocycles. The molecular weight excluding hydrogens is 234 g/mol. The topological polar surface area (TPSA) is 96.6 Å². The highest BCUT2D eigenvalue weighted by atomic mass is 32.2. The molecule has 0 bridgehead atoms. The van der Waals surface area contributed by atoms with Crippen LogP contribution >= 0.6 is 0 Å². The van der Waals surface area contributed by atoms with E-state index >= 15 is 0 Å². The number of hydrogen-bond acceptors (Lipinski definition) is 4. The number of carboxylic acid groups (broad SMARTS) is 1. The zero-order chi connectivity index (χ0) is 12.2. The second-order valence-electron chi connectivity index (χ2n) is 3.18. The van der Waals surface area contributed by atoms with Crippen molar-refractivity contribution in [2.45, 2.75) is 24.9 Å². The van der Waals surface area contributed by atoms with Crippen molar-refractivity contribution in [1.82, 2.24) is 4.72 Å². The Morgan fingerprint density at radius 3 is 2.69 bits per heavy atom. The van der Waals surface area contributed by atoms with Gasteiger partial charge in [-0.25, -0.2) is 17.9 Å². The summed E-state index contributed by atoms with van der Waals surface area (Å²) in [5.74, 6) is -1.69. The average Bonchev–Trinajstić information content (AvgIpc) is 2.67. The van der Waals surface area contributed by atoms with Crippen molar-refractivity contribution >= 4 is 16.0 Å². The summed E-state index contributed by atoms with van der Waals surface area (Å²) in [6, 6.07) is 2.23. The van der Waals surface area contributed by atoms with E-state index in [1.54, 1.807) is 0 Å². The normalized spacial score (nSPS) is 11.6. The van der Waals surface area contributed by atoms with E-state index < -0.39 is 21.8 Å². The van der Waals surface area contributed by atoms with Gasteiger partial charge >= 0.3 is 5.97 Å². The number of unbranched alkanes of at least 4 members (excludes halogenated alkanes) is 1. The molecule has 0 aliphatic rings. The summed E-state index contributed by atoms with van der Waals surface area (Å²) < 4.78 is 30.1. The van der Waals surface area contributed by atoms with Crippen LogP contribution in [0.5, 0.6) is 0 Å². The molecule has 90 valence electrons. The van der Waals surface area contributed by atoms with Crippen LogP contribution in [-0.2, 0) is 10.0 Å². The second-order valence-corrected chi connectivity index (χ2v) is 4.87. The zero-order valence-electron chi connectivity index (χ0n) is 8.76. The lowest BCUT2D eigenvalue weighted by atomic mass is 10.3. The minimum atomic E-state index is -3.73. The lowest BCUT2D eigenvalue weighted by molar-refractivity contribution is 0.0656. The smallest absolute Gasteiger partial charge is 0.371 e. The molecule has 0 amide bonds. The Balaban J connectivity index is 2.78. The van der Waals surface area contributed by atoms with Gasteiger partial charge in [-0.3, -0.25) is 0 Å². The van der Waals surface area contributed by atoms with Gasteiger partial charge in [0.15, 0.2) is 0 Å². The van der Waals surface area contributed by atoms with Crippen LogP contribution in [0.4, 0.5) is 0 Å². The average molecular weight is 247 g/mol. The lowest BCUT2D eigenvalue weighted by Crippen LogP contribution is -2.24. The van der Waals surface area contributed by atoms with Crippen LogP contribution in [-0.4, -0.2) is 26.0 Å². The van der Waals surface area contributed by atoms with Crippen LogP contribution in [0.15, 0.2) is 21.6 Å². The fourth-order valence-electron chi connectivity index (χ4n) is 1.03. The van der Waals surface area contributed by atoms with Gasteiger partial charge in [0.25, 0.3) is 10.0 Å². The number of hydrogen-bond donors (Lipinski definition) is 2. The van der Waals surface area contributed by atoms with Crippen LogP contribution in [0.3, 0.4) is 0 Å². The van der Waals surface area contributed by atoms with Crippen molar-refractivity contribution in [2.24, 2.45) is 0 Å². The maximum Gasteiger partial charge on any atom is 0.371 e. The first-order valence-electron chi connectivity index (χ1n) is 4.80. The van der Waals surface area contributed by atoms with Crippen molar-refractivity contribution in [1.29, 1.82) is 0 Å². The maximum absolute atomic E-state index is 11.5. The summed E-state index contributed by atoms with van der Waals surface area (Å²) in [6.45, 7) is 2.24. The van der Waals surface area contributed by atoms with Gasteiger partial charge in [0.05, 0.1) is 0 Å². The van der Waals surface area contributed by atoms with Crippen LogP contribution < -0.4 is 4.72 Å². The SMILES string of the molecule is CCCCNS(=O)(=O)c1ccc(C(=O)O)o1. The monoisotopic (exact) mass is 247 g/mol. The molecule has 0 atom stereocenters. The number of nitrogens with one attached hydrogen (secondary N) is 1. The van der Waals surface area contributed by atoms with Crippen molar-refractivity contribution in [3.63, 3.8) is 0 Å². The quantitative estimate of drug-likeness (QED) is 0.732. The van der Waals surface area contributed by atoms with Gasteiger partial charge in [-0.05, 0) is 18.6 Å². The largest absolute Gasteiger partial charge is 0.475 e. The predicted octanol–water partition coefficient (Wildman–Crippen LogP) is 1.06. The molecule has 6 nitrogen and oxygen atoms in total. The first-order chi connectivity index (χ1) is 7.47. The van der Waals surface area contributed by atoms with Crippen molar-refractivity contribution in [3.05, 3.63) is 17.9 Å². The highest BCUT2D eigenvalue weighted by Gasteiger charge is 2.20. The Hall–Kier alpha value is -1.34. The van der Waals surface area contributed by atoms with Gasteiger partial charge in [0.2, 0.25) is 10.9 Å². The van der Waals surface area contributed by atoms with Crippen molar-refractivity contribution < 1.29 is 22.7 Å². The van der Waals surface area contributed by atoms with Gasteiger partial charge < -0.3 is 9.52 Å². The zero-order valence-corrected chi connectivity index (χ0v) is 9.58. The van der Waals surface area contributed by atoms with E-state index in [2.05, 4.69) is 4.72 Å². The van der Waals surface area contributed by atoms with Gasteiger partial charge in [-0.2, -0.15) is 0 Å². The number of furan rings is 1. The van der Waals surface area contributed by atoms with Crippen LogP contribution in [0.25, 0.3) is 0 Å². The number of carbonyl (C=O) groups is 1. The van der Waals surface area contributed by atoms with Gasteiger partial charge in [0, 0.05) is 6.54 Å². The Morgan fingerprint density at radius 2 is 2.19 bits per heavy atom. The molecule has 16 heavy (non-hydrogen) atoms. The van der Waals surface area contributed by atoms with Gasteiger partial charge in [-0.1, -0.05) is 13.3 Å². The molecule has 0 aliphatic heterocycles. The van der Waals surface area contributed by atoms with Crippen LogP contribution in [0.2, 0.25) is 0 Å². The van der Waals surface area contributed by atoms with E-state index in [0.29, 0.717) is 13.0 Å². The Morgan fingerprint density at radius 1 is 1.50 bits per heavy atom. The fourth-order valence-corrected chi connectivity index (χ4v) is 2.04. The molecule has 0 fully saturated rings. The summed E-state index contributed by atoms with van der Waals surface area (Å²) in [7, 11) is -3.73. The summed E-state index contributed by atoms with van der Waals surface area (Å²) in [5.41, 5.74) is 0. The maximum atomic E-state index is 11.5. The summed E-state index contributed by atoms with van der Waals surface area (Å²) in [4.78, 5) is 10.5. The van der Waals surface area contributed by atoms with E-state index in [1.165, 1.54) is 0 Å². The van der Waals surface area contributed by atoms with E-state index in [0.717, 1.165) is 18.6 Å². The number of carboxylic acids is 1. The Labute approximate surface area is 93.3 Å². The molecule has 1 heterocycles. The third-order valence-corrected chi connectivity index (χ3v) is 3.21. The third kappa shape index (κ3) is 3.07. The first-order valence-corrected chi connectivity index (χ1v) is 6.28. The number of sulfonamides is 1. The molecule has 2 N–H and O–H groups in total. The van der Waals surface area contributed by atoms with Crippen LogP contribution in [0.1, 0.15) is 30.3 Å². The summed E-state index contributed by atoms with van der Waals surface area (Å²) in [5, 5.41) is 8.19. The Kier molecular flexibility index (Phi) is 4.08. The third-order valence-electron chi connectivity index (χ3n) is 1.88. The van der Waals surface area contributed by atoms with E-state index in [-0.39, 0.29) is 5.09 Å². The standard InChI is InChI=1S/C9H13NO5S/c1-2-3-6-10-16(13,14)8-5-4-7(15-8)9(11)12/h4-5,10H,2-3,6H2,1H3,(H,11,12). The first kappa shape index (κ1) is 12.7. The van der Waals surface area contributed by atoms with Crippen LogP contribution in [0, 0.1) is 0 Å². The lowest BCUT2D eigenvalue weighted by Gasteiger charge is -2.02. The molecular formula is C9H13NO5S. The molecule has 0 saturated carbocycles. The highest BCUT2D eigenvalue weighted by Crippen LogP contribution is 2.13. The summed E-state index contributed by atoms with van der Waals surface area (Å²) in [6.07, 6.45) is 1.58. The summed E-state index contributed by atoms with van der Waals surface area (Å²) >= 11 is 0. The predicted molar refractivity (Wildman–Crippen MR) is 55.8 cm³/mol.